The molecule has 3 heterocycles. The fourth-order valence-electron chi connectivity index (χ4n) is 6.92. The summed E-state index contributed by atoms with van der Waals surface area (Å²) in [5, 5.41) is 28.3. The molecule has 4 N–H and O–H groups in total. The van der Waals surface area contributed by atoms with Crippen LogP contribution in [0.4, 0.5) is 9.59 Å². The average Bonchev–Trinajstić information content (AvgIpc) is 3.84. The first-order chi connectivity index (χ1) is 23.9. The third-order valence-electron chi connectivity index (χ3n) is 9.50. The van der Waals surface area contributed by atoms with E-state index >= 15 is 0 Å². The topological polar surface area (TPSA) is 176 Å². The van der Waals surface area contributed by atoms with E-state index in [1.54, 1.807) is 0 Å². The van der Waals surface area contributed by atoms with Gasteiger partial charge in [-0.05, 0) is 55.2 Å². The van der Waals surface area contributed by atoms with Gasteiger partial charge >= 0.3 is 12.1 Å². The number of carbonyl (C=O) groups excluding carboxylic acids is 1. The second kappa shape index (κ2) is 16.6. The second-order valence-electron chi connectivity index (χ2n) is 13.9. The molecule has 5 rings (SSSR count). The molecule has 0 unspecified atom stereocenters. The maximum Gasteiger partial charge on any atom is 0.407 e. The summed E-state index contributed by atoms with van der Waals surface area (Å²) in [6, 6.07) is 11.8. The number of urea groups is 1. The Morgan fingerprint density at radius 3 is 2.52 bits per heavy atom. The van der Waals surface area contributed by atoms with Gasteiger partial charge in [-0.2, -0.15) is 4.31 Å². The minimum absolute atomic E-state index is 0.0130. The number of benzene rings is 2. The molecule has 50 heavy (non-hydrogen) atoms. The molecule has 0 radical (unpaired) electrons. The van der Waals surface area contributed by atoms with Crippen molar-refractivity contribution < 1.29 is 47.2 Å². The molecule has 3 aliphatic heterocycles. The van der Waals surface area contributed by atoms with E-state index in [2.05, 4.69) is 10.6 Å². The first-order valence-corrected chi connectivity index (χ1v) is 18.7. The zero-order valence-corrected chi connectivity index (χ0v) is 29.8. The summed E-state index contributed by atoms with van der Waals surface area (Å²) in [7, 11) is -4.24. The third-order valence-corrected chi connectivity index (χ3v) is 11.3. The van der Waals surface area contributed by atoms with Gasteiger partial charge in [0.25, 0.3) is 0 Å². The minimum atomic E-state index is -4.24. The van der Waals surface area contributed by atoms with Gasteiger partial charge in [-0.25, -0.2) is 18.0 Å². The number of sulfonamides is 1. The number of ether oxygens (including phenoxy) is 4. The van der Waals surface area contributed by atoms with Crippen LogP contribution in [0.3, 0.4) is 0 Å². The smallest absolute Gasteiger partial charge is 0.407 e. The van der Waals surface area contributed by atoms with Crippen LogP contribution in [0.1, 0.15) is 52.0 Å². The summed E-state index contributed by atoms with van der Waals surface area (Å²) in [5.41, 5.74) is 0.196. The van der Waals surface area contributed by atoms with Gasteiger partial charge in [-0.3, -0.25) is 4.90 Å². The highest BCUT2D eigenvalue weighted by Gasteiger charge is 2.49. The first kappa shape index (κ1) is 37.6. The molecular weight excluding hydrogens is 668 g/mol. The molecule has 2 aromatic carbocycles. The maximum atomic E-state index is 14.4. The van der Waals surface area contributed by atoms with E-state index in [9.17, 15) is 28.2 Å². The summed E-state index contributed by atoms with van der Waals surface area (Å²) < 4.78 is 52.5. The molecule has 0 aromatic heterocycles. The fourth-order valence-corrected chi connectivity index (χ4v) is 8.59. The number of aliphatic hydroxyl groups is 1. The SMILES string of the molecule is CCCNC(=O)NCCCC(C)(C)CN(C[C@@H](O)[C@H](Cc1ccccc1)N(C(=O)O)[C@H]1CO[C@H]2OCC[C@H]21)S(=O)(=O)c1ccc2c(c1)OCO2. The molecule has 0 saturated carbocycles. The van der Waals surface area contributed by atoms with E-state index in [0.717, 1.165) is 12.0 Å². The monoisotopic (exact) mass is 718 g/mol. The van der Waals surface area contributed by atoms with E-state index in [4.69, 9.17) is 18.9 Å². The van der Waals surface area contributed by atoms with Crippen molar-refractivity contribution in [3.8, 4) is 11.5 Å². The molecule has 0 spiro atoms. The van der Waals surface area contributed by atoms with Crippen LogP contribution in [0.2, 0.25) is 0 Å². The molecule has 0 aliphatic carbocycles. The number of hydrogen-bond acceptors (Lipinski definition) is 9. The molecule has 2 saturated heterocycles. The van der Waals surface area contributed by atoms with E-state index in [1.165, 1.54) is 27.4 Å². The minimum Gasteiger partial charge on any atom is -0.465 e. The Morgan fingerprint density at radius 1 is 1.04 bits per heavy atom. The molecule has 3 aliphatic rings. The molecule has 15 heteroatoms. The van der Waals surface area contributed by atoms with Crippen LogP contribution >= 0.6 is 0 Å². The van der Waals surface area contributed by atoms with Crippen LogP contribution < -0.4 is 20.1 Å². The lowest BCUT2D eigenvalue weighted by Gasteiger charge is -2.40. The number of aliphatic hydroxyl groups excluding tert-OH is 1. The Hall–Kier alpha value is -3.63. The van der Waals surface area contributed by atoms with E-state index in [0.29, 0.717) is 50.5 Å². The number of rotatable bonds is 17. The molecule has 5 atom stereocenters. The number of fused-ring (bicyclic) bond motifs is 2. The predicted octanol–water partition coefficient (Wildman–Crippen LogP) is 3.64. The van der Waals surface area contributed by atoms with Gasteiger partial charge in [0.1, 0.15) is 0 Å². The summed E-state index contributed by atoms with van der Waals surface area (Å²) in [4.78, 5) is 26.3. The van der Waals surface area contributed by atoms with Crippen molar-refractivity contribution >= 4 is 22.1 Å². The molecule has 0 bridgehead atoms. The van der Waals surface area contributed by atoms with Crippen LogP contribution in [0, 0.1) is 11.3 Å². The van der Waals surface area contributed by atoms with Crippen LogP contribution in [-0.2, 0) is 25.9 Å². The van der Waals surface area contributed by atoms with Crippen molar-refractivity contribution in [2.75, 3.05) is 46.2 Å². The van der Waals surface area contributed by atoms with Gasteiger partial charge in [-0.15, -0.1) is 0 Å². The Kier molecular flexibility index (Phi) is 12.5. The van der Waals surface area contributed by atoms with E-state index in [-0.39, 0.29) is 49.8 Å². The largest absolute Gasteiger partial charge is 0.465 e. The Balaban J connectivity index is 1.42. The van der Waals surface area contributed by atoms with Crippen molar-refractivity contribution in [1.82, 2.24) is 19.8 Å². The summed E-state index contributed by atoms with van der Waals surface area (Å²) in [6.07, 6.45) is -0.447. The molecule has 3 amide bonds. The van der Waals surface area contributed by atoms with Crippen molar-refractivity contribution in [3.05, 3.63) is 54.1 Å². The molecule has 2 fully saturated rings. The lowest BCUT2D eigenvalue weighted by molar-refractivity contribution is -0.0906. The number of amides is 3. The average molecular weight is 719 g/mol. The van der Waals surface area contributed by atoms with Crippen molar-refractivity contribution in [1.29, 1.82) is 0 Å². The fraction of sp³-hybridized carbons (Fsp3) is 0.600. The van der Waals surface area contributed by atoms with Gasteiger partial charge in [0, 0.05) is 38.2 Å². The van der Waals surface area contributed by atoms with Crippen LogP contribution in [0.25, 0.3) is 0 Å². The van der Waals surface area contributed by atoms with Crippen molar-refractivity contribution in [2.45, 2.75) is 82.2 Å². The third kappa shape index (κ3) is 9.18. The number of carbonyl (C=O) groups is 2. The normalized spacial score (nSPS) is 21.1. The lowest BCUT2D eigenvalue weighted by Crippen LogP contribution is -2.58. The van der Waals surface area contributed by atoms with E-state index in [1.807, 2.05) is 51.1 Å². The number of hydrogen-bond donors (Lipinski definition) is 4. The standard InChI is InChI=1S/C35H50N4O10S/c1-4-15-36-33(41)37-16-8-14-35(2,3)22-38(50(44,45)25-11-12-30-31(19-25)49-23-48-30)20-29(40)27(18-24-9-6-5-7-10-24)39(34(42)43)28-21-47-32-26(28)13-17-46-32/h5-7,9-12,19,26-29,32,40H,4,8,13-18,20-23H2,1-3H3,(H,42,43)(H2,36,37,41)/t26-,27-,28-,29+,32+/m0/s1. The van der Waals surface area contributed by atoms with Crippen LogP contribution in [0.15, 0.2) is 53.4 Å². The number of nitrogens with one attached hydrogen (secondary N) is 2. The maximum absolute atomic E-state index is 14.4. The Morgan fingerprint density at radius 2 is 1.78 bits per heavy atom. The quantitative estimate of drug-likeness (QED) is 0.177. The molecule has 2 aromatic rings. The zero-order valence-electron chi connectivity index (χ0n) is 29.0. The summed E-state index contributed by atoms with van der Waals surface area (Å²) in [5.74, 6) is 0.521. The predicted molar refractivity (Wildman–Crippen MR) is 183 cm³/mol. The molecular formula is C35H50N4O10S. The zero-order chi connectivity index (χ0) is 35.9. The molecule has 276 valence electrons. The Bertz CT molecular complexity index is 1560. The molecule has 14 nitrogen and oxygen atoms in total. The van der Waals surface area contributed by atoms with Crippen LogP contribution in [-0.4, -0.2) is 111 Å². The summed E-state index contributed by atoms with van der Waals surface area (Å²) >= 11 is 0. The summed E-state index contributed by atoms with van der Waals surface area (Å²) in [6.45, 7) is 6.96. The van der Waals surface area contributed by atoms with Gasteiger partial charge in [0.2, 0.25) is 16.8 Å². The van der Waals surface area contributed by atoms with Crippen LogP contribution in [0.5, 0.6) is 11.5 Å². The van der Waals surface area contributed by atoms with E-state index < -0.39 is 46.0 Å². The number of nitrogens with zero attached hydrogens (tertiary/aromatic N) is 2. The van der Waals surface area contributed by atoms with Crippen molar-refractivity contribution in [3.63, 3.8) is 0 Å². The lowest BCUT2D eigenvalue weighted by atomic mass is 9.87. The Labute approximate surface area is 294 Å². The second-order valence-corrected chi connectivity index (χ2v) is 15.8. The van der Waals surface area contributed by atoms with Gasteiger partial charge in [0.15, 0.2) is 17.8 Å². The highest BCUT2D eigenvalue weighted by Crippen LogP contribution is 2.38. The highest BCUT2D eigenvalue weighted by molar-refractivity contribution is 7.89. The van der Waals surface area contributed by atoms with Gasteiger partial charge in [-0.1, -0.05) is 51.1 Å². The number of carboxylic acid groups (broad SMARTS) is 1. The first-order valence-electron chi connectivity index (χ1n) is 17.3. The van der Waals surface area contributed by atoms with Crippen molar-refractivity contribution in [2.24, 2.45) is 11.3 Å². The van der Waals surface area contributed by atoms with Gasteiger partial charge < -0.3 is 39.8 Å². The van der Waals surface area contributed by atoms with Gasteiger partial charge in [0.05, 0.1) is 36.3 Å². The highest BCUT2D eigenvalue weighted by atomic mass is 32.2.